The Morgan fingerprint density at radius 1 is 1.16 bits per heavy atom. The van der Waals surface area contributed by atoms with E-state index in [0.29, 0.717) is 0 Å². The molecular formula is C16H25N3. The van der Waals surface area contributed by atoms with Crippen molar-refractivity contribution in [1.29, 1.82) is 0 Å². The van der Waals surface area contributed by atoms with Crippen LogP contribution in [-0.2, 0) is 13.0 Å². The number of fused-ring (bicyclic) bond motifs is 1. The van der Waals surface area contributed by atoms with Crippen molar-refractivity contribution in [2.45, 2.75) is 38.8 Å². The molecule has 2 N–H and O–H groups in total. The standard InChI is InChI=1S/C16H25N3/c1-12-9-13-11-19(8-5-15(13)16(17)10-12)14-3-6-18(2)7-4-14/h9-10,14H,3-8,11,17H2,1-2H3. The minimum absolute atomic E-state index is 0.770. The number of aryl methyl sites for hydroxylation is 1. The quantitative estimate of drug-likeness (QED) is 0.783. The predicted molar refractivity (Wildman–Crippen MR) is 80.2 cm³/mol. The van der Waals surface area contributed by atoms with Crippen LogP contribution in [0.4, 0.5) is 5.69 Å². The molecule has 1 aromatic carbocycles. The molecule has 3 nitrogen and oxygen atoms in total. The Morgan fingerprint density at radius 2 is 1.89 bits per heavy atom. The zero-order valence-corrected chi connectivity index (χ0v) is 12.2. The monoisotopic (exact) mass is 259 g/mol. The van der Waals surface area contributed by atoms with Crippen LogP contribution in [-0.4, -0.2) is 42.5 Å². The van der Waals surface area contributed by atoms with Gasteiger partial charge < -0.3 is 10.6 Å². The zero-order valence-electron chi connectivity index (χ0n) is 12.2. The van der Waals surface area contributed by atoms with Crippen LogP contribution in [0.1, 0.15) is 29.5 Å². The van der Waals surface area contributed by atoms with Gasteiger partial charge in [0.25, 0.3) is 0 Å². The normalized spacial score (nSPS) is 22.4. The van der Waals surface area contributed by atoms with Crippen LogP contribution < -0.4 is 5.73 Å². The molecule has 19 heavy (non-hydrogen) atoms. The Kier molecular flexibility index (Phi) is 3.50. The number of benzene rings is 1. The van der Waals surface area contributed by atoms with Gasteiger partial charge in [0.05, 0.1) is 0 Å². The van der Waals surface area contributed by atoms with Crippen molar-refractivity contribution in [3.63, 3.8) is 0 Å². The number of nitrogen functional groups attached to an aromatic ring is 1. The highest BCUT2D eigenvalue weighted by Crippen LogP contribution is 2.28. The fraction of sp³-hybridized carbons (Fsp3) is 0.625. The van der Waals surface area contributed by atoms with Crippen molar-refractivity contribution >= 4 is 5.69 Å². The van der Waals surface area contributed by atoms with Gasteiger partial charge in [-0.05, 0) is 69.1 Å². The fourth-order valence-electron chi connectivity index (χ4n) is 3.59. The molecular weight excluding hydrogens is 234 g/mol. The lowest BCUT2D eigenvalue weighted by Gasteiger charge is -2.40. The second-order valence-corrected chi connectivity index (χ2v) is 6.25. The second kappa shape index (κ2) is 5.14. The zero-order chi connectivity index (χ0) is 13.4. The Bertz CT molecular complexity index is 461. The van der Waals surface area contributed by atoms with Gasteiger partial charge in [-0.2, -0.15) is 0 Å². The molecule has 0 spiro atoms. The number of hydrogen-bond acceptors (Lipinski definition) is 3. The van der Waals surface area contributed by atoms with Crippen LogP contribution in [0.25, 0.3) is 0 Å². The topological polar surface area (TPSA) is 32.5 Å². The number of anilines is 1. The molecule has 3 heteroatoms. The smallest absolute Gasteiger partial charge is 0.0352 e. The molecule has 104 valence electrons. The maximum absolute atomic E-state index is 6.16. The molecule has 1 saturated heterocycles. The van der Waals surface area contributed by atoms with E-state index in [2.05, 4.69) is 35.9 Å². The lowest BCUT2D eigenvalue weighted by Crippen LogP contribution is -2.45. The third-order valence-corrected chi connectivity index (χ3v) is 4.75. The summed E-state index contributed by atoms with van der Waals surface area (Å²) in [6.07, 6.45) is 3.74. The number of rotatable bonds is 1. The maximum Gasteiger partial charge on any atom is 0.0352 e. The molecule has 3 rings (SSSR count). The van der Waals surface area contributed by atoms with E-state index in [4.69, 9.17) is 5.73 Å². The summed E-state index contributed by atoms with van der Waals surface area (Å²) in [7, 11) is 2.23. The van der Waals surface area contributed by atoms with Crippen molar-refractivity contribution in [1.82, 2.24) is 9.80 Å². The Labute approximate surface area is 116 Å². The van der Waals surface area contributed by atoms with Crippen molar-refractivity contribution < 1.29 is 0 Å². The summed E-state index contributed by atoms with van der Waals surface area (Å²) >= 11 is 0. The molecule has 0 amide bonds. The van der Waals surface area contributed by atoms with Gasteiger partial charge >= 0.3 is 0 Å². The Balaban J connectivity index is 1.75. The molecule has 0 aliphatic carbocycles. The first kappa shape index (κ1) is 12.9. The van der Waals surface area contributed by atoms with Crippen LogP contribution in [0, 0.1) is 6.92 Å². The largest absolute Gasteiger partial charge is 0.398 e. The van der Waals surface area contributed by atoms with Crippen LogP contribution >= 0.6 is 0 Å². The van der Waals surface area contributed by atoms with E-state index in [0.717, 1.165) is 24.7 Å². The van der Waals surface area contributed by atoms with E-state index in [1.165, 1.54) is 49.2 Å². The summed E-state index contributed by atoms with van der Waals surface area (Å²) < 4.78 is 0. The molecule has 0 saturated carbocycles. The maximum atomic E-state index is 6.16. The Hall–Kier alpha value is -1.06. The van der Waals surface area contributed by atoms with E-state index in [1.807, 2.05) is 0 Å². The molecule has 0 unspecified atom stereocenters. The van der Waals surface area contributed by atoms with Crippen molar-refractivity contribution in [2.24, 2.45) is 0 Å². The third-order valence-electron chi connectivity index (χ3n) is 4.75. The van der Waals surface area contributed by atoms with Gasteiger partial charge in [-0.1, -0.05) is 6.07 Å². The van der Waals surface area contributed by atoms with E-state index in [9.17, 15) is 0 Å². The fourth-order valence-corrected chi connectivity index (χ4v) is 3.59. The average Bonchev–Trinajstić information content (AvgIpc) is 2.38. The summed E-state index contributed by atoms with van der Waals surface area (Å²) in [4.78, 5) is 5.12. The SMILES string of the molecule is Cc1cc(N)c2c(c1)CN(C1CCN(C)CC1)CC2. The average molecular weight is 259 g/mol. The van der Waals surface area contributed by atoms with Gasteiger partial charge in [0.15, 0.2) is 0 Å². The van der Waals surface area contributed by atoms with E-state index in [-0.39, 0.29) is 0 Å². The first-order chi connectivity index (χ1) is 9.13. The van der Waals surface area contributed by atoms with Crippen molar-refractivity contribution in [2.75, 3.05) is 32.4 Å². The number of likely N-dealkylation sites (tertiary alicyclic amines) is 1. The summed E-state index contributed by atoms with van der Waals surface area (Å²) in [5.74, 6) is 0. The van der Waals surface area contributed by atoms with Crippen LogP contribution in [0.15, 0.2) is 12.1 Å². The van der Waals surface area contributed by atoms with Crippen LogP contribution in [0.2, 0.25) is 0 Å². The second-order valence-electron chi connectivity index (χ2n) is 6.25. The Morgan fingerprint density at radius 3 is 2.63 bits per heavy atom. The highest BCUT2D eigenvalue weighted by molar-refractivity contribution is 5.54. The van der Waals surface area contributed by atoms with Gasteiger partial charge in [-0.3, -0.25) is 4.90 Å². The van der Waals surface area contributed by atoms with Gasteiger partial charge in [-0.25, -0.2) is 0 Å². The molecule has 2 aliphatic heterocycles. The highest BCUT2D eigenvalue weighted by atomic mass is 15.2. The minimum Gasteiger partial charge on any atom is -0.398 e. The lowest BCUT2D eigenvalue weighted by molar-refractivity contribution is 0.110. The van der Waals surface area contributed by atoms with E-state index >= 15 is 0 Å². The molecule has 0 aromatic heterocycles. The minimum atomic E-state index is 0.770. The molecule has 0 radical (unpaired) electrons. The van der Waals surface area contributed by atoms with Gasteiger partial charge in [0, 0.05) is 24.8 Å². The summed E-state index contributed by atoms with van der Waals surface area (Å²) in [6, 6.07) is 5.21. The lowest BCUT2D eigenvalue weighted by atomic mass is 9.93. The van der Waals surface area contributed by atoms with Crippen molar-refractivity contribution in [3.05, 3.63) is 28.8 Å². The first-order valence-corrected chi connectivity index (χ1v) is 7.44. The highest BCUT2D eigenvalue weighted by Gasteiger charge is 2.26. The summed E-state index contributed by atoms with van der Waals surface area (Å²) in [5, 5.41) is 0. The number of nitrogens with two attached hydrogens (primary N) is 1. The van der Waals surface area contributed by atoms with Gasteiger partial charge in [0.2, 0.25) is 0 Å². The molecule has 0 atom stereocenters. The number of hydrogen-bond donors (Lipinski definition) is 1. The molecule has 2 heterocycles. The molecule has 1 fully saturated rings. The van der Waals surface area contributed by atoms with Crippen LogP contribution in [0.3, 0.4) is 0 Å². The van der Waals surface area contributed by atoms with E-state index in [1.54, 1.807) is 0 Å². The van der Waals surface area contributed by atoms with E-state index < -0.39 is 0 Å². The van der Waals surface area contributed by atoms with Gasteiger partial charge in [0.1, 0.15) is 0 Å². The van der Waals surface area contributed by atoms with Crippen molar-refractivity contribution in [3.8, 4) is 0 Å². The third kappa shape index (κ3) is 2.63. The predicted octanol–water partition coefficient (Wildman–Crippen LogP) is 2.03. The van der Waals surface area contributed by atoms with Gasteiger partial charge in [-0.15, -0.1) is 0 Å². The molecule has 0 bridgehead atoms. The molecule has 1 aromatic rings. The number of nitrogens with zero attached hydrogens (tertiary/aromatic N) is 2. The van der Waals surface area contributed by atoms with Crippen LogP contribution in [0.5, 0.6) is 0 Å². The molecule has 2 aliphatic rings. The first-order valence-electron chi connectivity index (χ1n) is 7.44. The summed E-state index contributed by atoms with van der Waals surface area (Å²) in [6.45, 7) is 6.89. The number of piperidine rings is 1. The summed E-state index contributed by atoms with van der Waals surface area (Å²) in [5.41, 5.74) is 11.3.